The standard InChI is InChI=1S/C27H21NO/c1-27(2)20-11-5-3-8-16(20)17-14-15-21(28)25(26(17)27)19-10-7-13-23-24(19)18-9-4-6-12-22(18)29-23/h3-15H,28H2,1-2H3. The summed E-state index contributed by atoms with van der Waals surface area (Å²) in [7, 11) is 0. The van der Waals surface area contributed by atoms with Crippen molar-refractivity contribution in [3.8, 4) is 22.3 Å². The van der Waals surface area contributed by atoms with E-state index in [2.05, 4.69) is 68.4 Å². The van der Waals surface area contributed by atoms with E-state index in [0.29, 0.717) is 0 Å². The van der Waals surface area contributed by atoms with Gasteiger partial charge in [0, 0.05) is 27.4 Å². The molecule has 0 saturated heterocycles. The maximum Gasteiger partial charge on any atom is 0.136 e. The van der Waals surface area contributed by atoms with Crippen LogP contribution in [0.4, 0.5) is 5.69 Å². The van der Waals surface area contributed by atoms with Crippen LogP contribution in [0.5, 0.6) is 0 Å². The molecule has 0 atom stereocenters. The summed E-state index contributed by atoms with van der Waals surface area (Å²) < 4.78 is 6.15. The van der Waals surface area contributed by atoms with Crippen LogP contribution in [0.1, 0.15) is 25.0 Å². The second-order valence-electron chi connectivity index (χ2n) is 8.40. The molecule has 0 bridgehead atoms. The zero-order valence-corrected chi connectivity index (χ0v) is 16.5. The van der Waals surface area contributed by atoms with Crippen LogP contribution in [0.3, 0.4) is 0 Å². The summed E-state index contributed by atoms with van der Waals surface area (Å²) in [5.74, 6) is 0. The molecule has 6 rings (SSSR count). The Kier molecular flexibility index (Phi) is 3.12. The number of nitrogens with two attached hydrogens (primary N) is 1. The minimum absolute atomic E-state index is 0.127. The lowest BCUT2D eigenvalue weighted by Gasteiger charge is -2.25. The molecule has 2 heteroatoms. The summed E-state index contributed by atoms with van der Waals surface area (Å²) in [5.41, 5.74) is 16.6. The third kappa shape index (κ3) is 2.06. The molecule has 0 saturated carbocycles. The van der Waals surface area contributed by atoms with Gasteiger partial charge in [-0.15, -0.1) is 0 Å². The van der Waals surface area contributed by atoms with E-state index in [1.807, 2.05) is 24.3 Å². The molecule has 0 amide bonds. The van der Waals surface area contributed by atoms with Gasteiger partial charge in [-0.25, -0.2) is 0 Å². The molecule has 140 valence electrons. The lowest BCUT2D eigenvalue weighted by Crippen LogP contribution is -2.17. The van der Waals surface area contributed by atoms with Gasteiger partial charge in [-0.2, -0.15) is 0 Å². The molecule has 1 heterocycles. The second kappa shape index (κ2) is 5.51. The molecule has 1 aliphatic carbocycles. The van der Waals surface area contributed by atoms with E-state index in [1.165, 1.54) is 22.3 Å². The van der Waals surface area contributed by atoms with Gasteiger partial charge in [0.2, 0.25) is 0 Å². The topological polar surface area (TPSA) is 39.2 Å². The van der Waals surface area contributed by atoms with Gasteiger partial charge < -0.3 is 10.2 Å². The minimum atomic E-state index is -0.127. The molecule has 0 fully saturated rings. The Morgan fingerprint density at radius 1 is 0.690 bits per heavy atom. The molecule has 0 spiro atoms. The smallest absolute Gasteiger partial charge is 0.136 e. The van der Waals surface area contributed by atoms with E-state index in [9.17, 15) is 0 Å². The highest BCUT2D eigenvalue weighted by molar-refractivity contribution is 6.14. The maximum atomic E-state index is 6.65. The SMILES string of the molecule is CC1(C)c2ccccc2-c2ccc(N)c(-c3cccc4oc5ccccc5c34)c21. The number of benzene rings is 4. The van der Waals surface area contributed by atoms with Gasteiger partial charge in [0.1, 0.15) is 11.2 Å². The molecule has 4 aromatic carbocycles. The number of para-hydroxylation sites is 1. The third-order valence-electron chi connectivity index (χ3n) is 6.43. The summed E-state index contributed by atoms with van der Waals surface area (Å²) in [6.07, 6.45) is 0. The fourth-order valence-electron chi connectivity index (χ4n) is 5.16. The van der Waals surface area contributed by atoms with Crippen molar-refractivity contribution in [1.82, 2.24) is 0 Å². The Hall–Kier alpha value is -3.52. The van der Waals surface area contributed by atoms with Gasteiger partial charge in [-0.3, -0.25) is 0 Å². The zero-order chi connectivity index (χ0) is 19.8. The van der Waals surface area contributed by atoms with Crippen LogP contribution in [0.25, 0.3) is 44.2 Å². The Morgan fingerprint density at radius 2 is 1.41 bits per heavy atom. The molecular weight excluding hydrogens is 354 g/mol. The average molecular weight is 375 g/mol. The molecule has 2 nitrogen and oxygen atoms in total. The van der Waals surface area contributed by atoms with E-state index in [4.69, 9.17) is 10.2 Å². The Bertz CT molecular complexity index is 1440. The van der Waals surface area contributed by atoms with Gasteiger partial charge >= 0.3 is 0 Å². The molecule has 0 unspecified atom stereocenters. The molecule has 0 aliphatic heterocycles. The van der Waals surface area contributed by atoms with Crippen LogP contribution < -0.4 is 5.73 Å². The van der Waals surface area contributed by atoms with Crippen molar-refractivity contribution in [3.05, 3.63) is 90.0 Å². The van der Waals surface area contributed by atoms with Crippen molar-refractivity contribution in [3.63, 3.8) is 0 Å². The fourth-order valence-corrected chi connectivity index (χ4v) is 5.16. The van der Waals surface area contributed by atoms with Crippen LogP contribution in [-0.2, 0) is 5.41 Å². The number of rotatable bonds is 1. The minimum Gasteiger partial charge on any atom is -0.456 e. The van der Waals surface area contributed by atoms with Crippen molar-refractivity contribution in [1.29, 1.82) is 0 Å². The highest BCUT2D eigenvalue weighted by Gasteiger charge is 2.38. The summed E-state index contributed by atoms with van der Waals surface area (Å²) in [6.45, 7) is 4.60. The van der Waals surface area contributed by atoms with Crippen LogP contribution in [-0.4, -0.2) is 0 Å². The van der Waals surface area contributed by atoms with Crippen LogP contribution >= 0.6 is 0 Å². The van der Waals surface area contributed by atoms with Crippen LogP contribution in [0.15, 0.2) is 83.3 Å². The van der Waals surface area contributed by atoms with E-state index in [1.54, 1.807) is 0 Å². The van der Waals surface area contributed by atoms with Crippen molar-refractivity contribution in [2.45, 2.75) is 19.3 Å². The lowest BCUT2D eigenvalue weighted by atomic mass is 9.78. The van der Waals surface area contributed by atoms with Crippen molar-refractivity contribution in [2.75, 3.05) is 5.73 Å². The van der Waals surface area contributed by atoms with E-state index in [-0.39, 0.29) is 5.41 Å². The first-order valence-corrected chi connectivity index (χ1v) is 10.0. The first-order chi connectivity index (χ1) is 14.1. The van der Waals surface area contributed by atoms with Gasteiger partial charge in [0.15, 0.2) is 0 Å². The van der Waals surface area contributed by atoms with Gasteiger partial charge in [0.05, 0.1) is 0 Å². The van der Waals surface area contributed by atoms with Crippen molar-refractivity contribution in [2.24, 2.45) is 0 Å². The second-order valence-corrected chi connectivity index (χ2v) is 8.40. The van der Waals surface area contributed by atoms with Crippen molar-refractivity contribution >= 4 is 27.6 Å². The Balaban J connectivity index is 1.77. The number of fused-ring (bicyclic) bond motifs is 6. The van der Waals surface area contributed by atoms with E-state index >= 15 is 0 Å². The first kappa shape index (κ1) is 16.4. The quantitative estimate of drug-likeness (QED) is 0.316. The molecule has 0 radical (unpaired) electrons. The third-order valence-corrected chi connectivity index (χ3v) is 6.43. The monoisotopic (exact) mass is 375 g/mol. The normalized spacial score (nSPS) is 14.3. The molecule has 29 heavy (non-hydrogen) atoms. The molecule has 2 N–H and O–H groups in total. The largest absolute Gasteiger partial charge is 0.456 e. The summed E-state index contributed by atoms with van der Waals surface area (Å²) in [5, 5.41) is 2.26. The summed E-state index contributed by atoms with van der Waals surface area (Å²) >= 11 is 0. The highest BCUT2D eigenvalue weighted by Crippen LogP contribution is 2.54. The average Bonchev–Trinajstić information content (AvgIpc) is 3.22. The van der Waals surface area contributed by atoms with Gasteiger partial charge in [0.25, 0.3) is 0 Å². The van der Waals surface area contributed by atoms with Crippen LogP contribution in [0, 0.1) is 0 Å². The Morgan fingerprint density at radius 3 is 2.31 bits per heavy atom. The highest BCUT2D eigenvalue weighted by atomic mass is 16.3. The molecule has 5 aromatic rings. The predicted molar refractivity (Wildman–Crippen MR) is 121 cm³/mol. The first-order valence-electron chi connectivity index (χ1n) is 10.0. The number of anilines is 1. The molecular formula is C27H21NO. The van der Waals surface area contributed by atoms with Gasteiger partial charge in [-0.1, -0.05) is 74.5 Å². The fraction of sp³-hybridized carbons (Fsp3) is 0.111. The zero-order valence-electron chi connectivity index (χ0n) is 16.5. The predicted octanol–water partition coefficient (Wildman–Crippen LogP) is 7.14. The Labute approximate surface area is 169 Å². The van der Waals surface area contributed by atoms with Gasteiger partial charge in [-0.05, 0) is 46.0 Å². The molecule has 1 aromatic heterocycles. The van der Waals surface area contributed by atoms with E-state index in [0.717, 1.165) is 38.8 Å². The summed E-state index contributed by atoms with van der Waals surface area (Å²) in [6, 6.07) is 27.4. The number of hydrogen-bond acceptors (Lipinski definition) is 2. The lowest BCUT2D eigenvalue weighted by molar-refractivity contribution is 0.662. The number of furan rings is 1. The maximum absolute atomic E-state index is 6.65. The number of nitrogen functional groups attached to an aromatic ring is 1. The van der Waals surface area contributed by atoms with Crippen LogP contribution in [0.2, 0.25) is 0 Å². The number of hydrogen-bond donors (Lipinski definition) is 1. The van der Waals surface area contributed by atoms with E-state index < -0.39 is 0 Å². The summed E-state index contributed by atoms with van der Waals surface area (Å²) in [4.78, 5) is 0. The van der Waals surface area contributed by atoms with Crippen molar-refractivity contribution < 1.29 is 4.42 Å². The molecule has 1 aliphatic rings.